The molecule has 0 saturated heterocycles. The van der Waals surface area contributed by atoms with Crippen molar-refractivity contribution >= 4 is 27.8 Å². The number of pyridine rings is 1. The molecule has 2 heterocycles. The number of ether oxygens (including phenoxy) is 1. The number of nitrogens with zero attached hydrogens (tertiary/aromatic N) is 3. The molecule has 0 bridgehead atoms. The van der Waals surface area contributed by atoms with Crippen molar-refractivity contribution < 1.29 is 9.84 Å². The Balaban J connectivity index is 1.95. The number of nitrogens with two attached hydrogens (primary N) is 1. The molecule has 1 saturated carbocycles. The van der Waals surface area contributed by atoms with Gasteiger partial charge in [0.1, 0.15) is 17.9 Å². The van der Waals surface area contributed by atoms with Gasteiger partial charge in [0.05, 0.1) is 23.2 Å². The number of imidazole rings is 1. The Hall–Kier alpha value is -2.18. The Labute approximate surface area is 146 Å². The maximum absolute atomic E-state index is 11.0. The van der Waals surface area contributed by atoms with E-state index in [2.05, 4.69) is 9.55 Å². The Morgan fingerprint density at radius 3 is 2.76 bits per heavy atom. The van der Waals surface area contributed by atoms with Crippen molar-refractivity contribution in [2.75, 3.05) is 12.3 Å². The number of hydrogen-bond acceptors (Lipinski definition) is 5. The minimum atomic E-state index is -0.687. The summed E-state index contributed by atoms with van der Waals surface area (Å²) in [5, 5.41) is 12.0. The van der Waals surface area contributed by atoms with Gasteiger partial charge in [-0.05, 0) is 25.8 Å². The van der Waals surface area contributed by atoms with Crippen molar-refractivity contribution in [1.29, 1.82) is 0 Å². The van der Waals surface area contributed by atoms with E-state index in [0.717, 1.165) is 47.9 Å². The molecule has 6 nitrogen and oxygen atoms in total. The first-order chi connectivity index (χ1) is 12.1. The number of fused-ring (bicyclic) bond motifs is 3. The molecular formula is C19H24N4O2. The second kappa shape index (κ2) is 6.28. The van der Waals surface area contributed by atoms with Crippen molar-refractivity contribution in [3.8, 4) is 0 Å². The van der Waals surface area contributed by atoms with Gasteiger partial charge in [-0.3, -0.25) is 0 Å². The molecule has 3 aromatic rings. The van der Waals surface area contributed by atoms with Crippen LogP contribution in [0.1, 0.15) is 38.4 Å². The van der Waals surface area contributed by atoms with Crippen molar-refractivity contribution in [2.45, 2.75) is 51.4 Å². The lowest BCUT2D eigenvalue weighted by atomic mass is 10.0. The summed E-state index contributed by atoms with van der Waals surface area (Å²) in [6.45, 7) is 3.49. The Morgan fingerprint density at radius 1 is 1.24 bits per heavy atom. The lowest BCUT2D eigenvalue weighted by molar-refractivity contribution is 0.0281. The lowest BCUT2D eigenvalue weighted by Gasteiger charge is -2.24. The molecule has 1 aliphatic rings. The van der Waals surface area contributed by atoms with Gasteiger partial charge in [0.25, 0.3) is 0 Å². The standard InChI is InChI=1S/C19H24N4O2/c1-2-25-11-15-22-16-17(23(15)12-19(24)9-5-6-10-19)13-7-3-4-8-14(13)21-18(16)20/h3-4,7-8,24H,2,5-6,9-12H2,1H3,(H2,20,21). The van der Waals surface area contributed by atoms with Crippen molar-refractivity contribution in [3.63, 3.8) is 0 Å². The molecule has 3 N–H and O–H groups in total. The van der Waals surface area contributed by atoms with Crippen molar-refractivity contribution in [2.24, 2.45) is 0 Å². The van der Waals surface area contributed by atoms with E-state index in [1.807, 2.05) is 31.2 Å². The van der Waals surface area contributed by atoms with E-state index in [-0.39, 0.29) is 0 Å². The van der Waals surface area contributed by atoms with Gasteiger partial charge < -0.3 is 20.1 Å². The van der Waals surface area contributed by atoms with Crippen LogP contribution in [-0.4, -0.2) is 31.8 Å². The second-order valence-electron chi connectivity index (χ2n) is 6.89. The maximum atomic E-state index is 11.0. The van der Waals surface area contributed by atoms with Crippen molar-refractivity contribution in [1.82, 2.24) is 14.5 Å². The number of para-hydroxylation sites is 1. The quantitative estimate of drug-likeness (QED) is 0.745. The average molecular weight is 340 g/mol. The Kier molecular flexibility index (Phi) is 4.09. The second-order valence-corrected chi connectivity index (χ2v) is 6.89. The number of rotatable bonds is 5. The summed E-state index contributed by atoms with van der Waals surface area (Å²) >= 11 is 0. The fourth-order valence-electron chi connectivity index (χ4n) is 3.86. The number of aliphatic hydroxyl groups is 1. The molecular weight excluding hydrogens is 316 g/mol. The van der Waals surface area contributed by atoms with Gasteiger partial charge >= 0.3 is 0 Å². The molecule has 1 fully saturated rings. The van der Waals surface area contributed by atoms with Crippen LogP contribution in [0.4, 0.5) is 5.82 Å². The van der Waals surface area contributed by atoms with Crippen LogP contribution in [0, 0.1) is 0 Å². The molecule has 2 aromatic heterocycles. The molecule has 0 atom stereocenters. The van der Waals surface area contributed by atoms with E-state index in [1.54, 1.807) is 0 Å². The van der Waals surface area contributed by atoms with Crippen molar-refractivity contribution in [3.05, 3.63) is 30.1 Å². The molecule has 0 radical (unpaired) electrons. The zero-order chi connectivity index (χ0) is 17.4. The molecule has 1 aromatic carbocycles. The van der Waals surface area contributed by atoms with Crippen LogP contribution in [0.5, 0.6) is 0 Å². The van der Waals surface area contributed by atoms with Crippen LogP contribution in [0.15, 0.2) is 24.3 Å². The van der Waals surface area contributed by atoms with Gasteiger partial charge in [0.2, 0.25) is 0 Å². The fourth-order valence-corrected chi connectivity index (χ4v) is 3.86. The predicted molar refractivity (Wildman–Crippen MR) is 98.2 cm³/mol. The van der Waals surface area contributed by atoms with Gasteiger partial charge in [-0.2, -0.15) is 0 Å². The molecule has 4 rings (SSSR count). The largest absolute Gasteiger partial charge is 0.388 e. The molecule has 1 aliphatic carbocycles. The van der Waals surface area contributed by atoms with Gasteiger partial charge in [-0.25, -0.2) is 9.97 Å². The van der Waals surface area contributed by atoms with Crippen LogP contribution < -0.4 is 5.73 Å². The first-order valence-corrected chi connectivity index (χ1v) is 8.95. The summed E-state index contributed by atoms with van der Waals surface area (Å²) in [4.78, 5) is 9.20. The van der Waals surface area contributed by atoms with Crippen LogP contribution in [-0.2, 0) is 17.9 Å². The maximum Gasteiger partial charge on any atom is 0.152 e. The van der Waals surface area contributed by atoms with E-state index < -0.39 is 5.60 Å². The summed E-state index contributed by atoms with van der Waals surface area (Å²) in [5.41, 5.74) is 7.97. The number of anilines is 1. The topological polar surface area (TPSA) is 86.2 Å². The summed E-state index contributed by atoms with van der Waals surface area (Å²) in [6, 6.07) is 7.93. The zero-order valence-electron chi connectivity index (χ0n) is 14.5. The molecule has 0 amide bonds. The smallest absolute Gasteiger partial charge is 0.152 e. The van der Waals surface area contributed by atoms with E-state index in [9.17, 15) is 5.11 Å². The Morgan fingerprint density at radius 2 is 2.00 bits per heavy atom. The highest BCUT2D eigenvalue weighted by Crippen LogP contribution is 2.35. The van der Waals surface area contributed by atoms with Crippen LogP contribution in [0.25, 0.3) is 21.9 Å². The Bertz CT molecular complexity index is 913. The van der Waals surface area contributed by atoms with Gasteiger partial charge in [0, 0.05) is 12.0 Å². The third-order valence-electron chi connectivity index (χ3n) is 5.11. The van der Waals surface area contributed by atoms with E-state index in [0.29, 0.717) is 31.1 Å². The van der Waals surface area contributed by atoms with Crippen LogP contribution in [0.3, 0.4) is 0 Å². The molecule has 25 heavy (non-hydrogen) atoms. The zero-order valence-corrected chi connectivity index (χ0v) is 14.5. The van der Waals surface area contributed by atoms with Gasteiger partial charge in [-0.1, -0.05) is 31.0 Å². The third-order valence-corrected chi connectivity index (χ3v) is 5.11. The molecule has 0 spiro atoms. The van der Waals surface area contributed by atoms with E-state index >= 15 is 0 Å². The monoisotopic (exact) mass is 340 g/mol. The first-order valence-electron chi connectivity index (χ1n) is 8.95. The fraction of sp³-hybridized carbons (Fsp3) is 0.474. The highest BCUT2D eigenvalue weighted by atomic mass is 16.5. The minimum absolute atomic E-state index is 0.398. The van der Waals surface area contributed by atoms with Gasteiger partial charge in [-0.15, -0.1) is 0 Å². The first kappa shape index (κ1) is 16.3. The average Bonchev–Trinajstić information content (AvgIpc) is 3.18. The summed E-state index contributed by atoms with van der Waals surface area (Å²) in [6.07, 6.45) is 3.77. The highest BCUT2D eigenvalue weighted by molar-refractivity contribution is 6.06. The summed E-state index contributed by atoms with van der Waals surface area (Å²) in [5.74, 6) is 1.21. The van der Waals surface area contributed by atoms with E-state index in [1.165, 1.54) is 0 Å². The minimum Gasteiger partial charge on any atom is -0.388 e. The number of aromatic nitrogens is 3. The number of benzene rings is 1. The molecule has 6 heteroatoms. The highest BCUT2D eigenvalue weighted by Gasteiger charge is 2.33. The molecule has 0 unspecified atom stereocenters. The SMILES string of the molecule is CCOCc1nc2c(N)nc3ccccc3c2n1CC1(O)CCCC1. The van der Waals surface area contributed by atoms with E-state index in [4.69, 9.17) is 15.5 Å². The molecule has 132 valence electrons. The predicted octanol–water partition coefficient (Wildman–Crippen LogP) is 3.01. The number of nitrogen functional groups attached to an aromatic ring is 1. The lowest BCUT2D eigenvalue weighted by Crippen LogP contribution is -2.31. The molecule has 0 aliphatic heterocycles. The summed E-state index contributed by atoms with van der Waals surface area (Å²) < 4.78 is 7.71. The normalized spacial score (nSPS) is 16.9. The number of hydrogen-bond donors (Lipinski definition) is 2. The van der Waals surface area contributed by atoms with Crippen LogP contribution in [0.2, 0.25) is 0 Å². The van der Waals surface area contributed by atoms with Crippen LogP contribution >= 0.6 is 0 Å². The van der Waals surface area contributed by atoms with Gasteiger partial charge in [0.15, 0.2) is 5.82 Å². The summed E-state index contributed by atoms with van der Waals surface area (Å²) in [7, 11) is 0. The third kappa shape index (κ3) is 2.85.